The Kier molecular flexibility index (Phi) is 8.15. The van der Waals surface area contributed by atoms with Crippen molar-refractivity contribution in [3.8, 4) is 17.1 Å². The van der Waals surface area contributed by atoms with Gasteiger partial charge in [-0.1, -0.05) is 30.3 Å². The molecule has 222 valence electrons. The molecular formula is C30H19F4N5O5. The number of benzene rings is 4. The van der Waals surface area contributed by atoms with Gasteiger partial charge in [0.1, 0.15) is 11.6 Å². The van der Waals surface area contributed by atoms with Crippen molar-refractivity contribution in [2.75, 3.05) is 11.9 Å². The largest absolute Gasteiger partial charge is 0.483 e. The minimum absolute atomic E-state index is 0.0344. The molecule has 0 saturated heterocycles. The first-order valence-electron chi connectivity index (χ1n) is 12.7. The molecule has 0 saturated carbocycles. The summed E-state index contributed by atoms with van der Waals surface area (Å²) in [5, 5.41) is 18.2. The number of nitrogens with zero attached hydrogens (tertiary/aromatic N) is 4. The summed E-state index contributed by atoms with van der Waals surface area (Å²) in [5.74, 6) is -1.51. The number of ether oxygens (including phenoxy) is 1. The van der Waals surface area contributed by atoms with E-state index in [0.29, 0.717) is 0 Å². The average Bonchev–Trinajstić information content (AvgIpc) is 2.99. The van der Waals surface area contributed by atoms with Crippen molar-refractivity contribution in [2.24, 2.45) is 5.10 Å². The Morgan fingerprint density at radius 2 is 1.80 bits per heavy atom. The number of non-ortho nitro benzene ring substituents is 1. The number of hydrogen-bond acceptors (Lipinski definition) is 7. The van der Waals surface area contributed by atoms with Gasteiger partial charge in [-0.15, -0.1) is 0 Å². The number of rotatable bonds is 8. The second kappa shape index (κ2) is 12.1. The van der Waals surface area contributed by atoms with Crippen molar-refractivity contribution >= 4 is 34.4 Å². The van der Waals surface area contributed by atoms with Crippen LogP contribution in [-0.2, 0) is 11.0 Å². The summed E-state index contributed by atoms with van der Waals surface area (Å²) in [6.07, 6.45) is -3.64. The molecule has 1 amide bonds. The number of nitro benzene ring substituents is 1. The number of halogens is 4. The third-order valence-corrected chi connectivity index (χ3v) is 6.19. The molecule has 0 fully saturated rings. The fourth-order valence-corrected chi connectivity index (χ4v) is 4.16. The summed E-state index contributed by atoms with van der Waals surface area (Å²) in [6.45, 7) is -0.581. The fourth-order valence-electron chi connectivity index (χ4n) is 4.16. The first-order valence-corrected chi connectivity index (χ1v) is 12.7. The Morgan fingerprint density at radius 3 is 2.55 bits per heavy atom. The van der Waals surface area contributed by atoms with E-state index in [2.05, 4.69) is 15.4 Å². The molecule has 14 heteroatoms. The molecule has 0 spiro atoms. The van der Waals surface area contributed by atoms with Gasteiger partial charge in [0.25, 0.3) is 17.2 Å². The molecule has 0 atom stereocenters. The Morgan fingerprint density at radius 1 is 1.02 bits per heavy atom. The number of nitro groups is 1. The summed E-state index contributed by atoms with van der Waals surface area (Å²) >= 11 is 0. The summed E-state index contributed by atoms with van der Waals surface area (Å²) in [7, 11) is 0. The first-order chi connectivity index (χ1) is 21.0. The van der Waals surface area contributed by atoms with E-state index in [0.717, 1.165) is 47.3 Å². The monoisotopic (exact) mass is 605 g/mol. The lowest BCUT2D eigenvalue weighted by Gasteiger charge is -2.12. The molecule has 4 aromatic carbocycles. The van der Waals surface area contributed by atoms with Gasteiger partial charge in [0.15, 0.2) is 12.4 Å². The van der Waals surface area contributed by atoms with E-state index in [1.165, 1.54) is 42.5 Å². The Bertz CT molecular complexity index is 1990. The van der Waals surface area contributed by atoms with Gasteiger partial charge in [0.2, 0.25) is 0 Å². The topological polar surface area (TPSA) is 129 Å². The maximum absolute atomic E-state index is 13.5. The van der Waals surface area contributed by atoms with Gasteiger partial charge in [0.05, 0.1) is 27.6 Å². The number of para-hydroxylation sites is 1. The lowest BCUT2D eigenvalue weighted by Crippen LogP contribution is -2.21. The van der Waals surface area contributed by atoms with Crippen LogP contribution in [0, 0.1) is 15.9 Å². The van der Waals surface area contributed by atoms with Crippen LogP contribution >= 0.6 is 0 Å². The molecule has 0 bridgehead atoms. The molecule has 0 aliphatic carbocycles. The van der Waals surface area contributed by atoms with E-state index in [4.69, 9.17) is 4.74 Å². The standard InChI is InChI=1S/C30H19F4N5O5/c31-21-7-4-8-22(15-21)36-27(40)17-44-26-12-11-23(39(42)43)14-19(26)16-35-38-28(18-5-3-6-20(13-18)30(32,33)34)37-25-10-2-1-9-24(25)29(38)41/h1-16H,17H2,(H,36,40). The zero-order chi connectivity index (χ0) is 31.4. The highest BCUT2D eigenvalue weighted by atomic mass is 19.4. The predicted octanol–water partition coefficient (Wildman–Crippen LogP) is 6.03. The SMILES string of the molecule is O=C(COc1ccc([N+](=O)[O-])cc1C=Nn1c(-c2cccc(C(F)(F)F)c2)nc2ccccc2c1=O)Nc1cccc(F)c1. The number of nitrogens with one attached hydrogen (secondary N) is 1. The highest BCUT2D eigenvalue weighted by molar-refractivity contribution is 5.92. The van der Waals surface area contributed by atoms with Crippen LogP contribution in [0.5, 0.6) is 5.75 Å². The molecular weight excluding hydrogens is 586 g/mol. The van der Waals surface area contributed by atoms with Gasteiger partial charge in [0, 0.05) is 28.9 Å². The second-order valence-electron chi connectivity index (χ2n) is 9.22. The van der Waals surface area contributed by atoms with Crippen molar-refractivity contribution in [1.29, 1.82) is 0 Å². The first kappa shape index (κ1) is 29.6. The van der Waals surface area contributed by atoms with E-state index >= 15 is 0 Å². The van der Waals surface area contributed by atoms with Crippen molar-refractivity contribution in [1.82, 2.24) is 9.66 Å². The van der Waals surface area contributed by atoms with Crippen molar-refractivity contribution in [3.05, 3.63) is 128 Å². The van der Waals surface area contributed by atoms with E-state index in [9.17, 15) is 37.3 Å². The van der Waals surface area contributed by atoms with Gasteiger partial charge in [-0.3, -0.25) is 19.7 Å². The van der Waals surface area contributed by atoms with E-state index < -0.39 is 40.6 Å². The number of carbonyl (C=O) groups excluding carboxylic acids is 1. The van der Waals surface area contributed by atoms with Crippen molar-refractivity contribution in [2.45, 2.75) is 6.18 Å². The number of hydrogen-bond donors (Lipinski definition) is 1. The third-order valence-electron chi connectivity index (χ3n) is 6.19. The van der Waals surface area contributed by atoms with Gasteiger partial charge in [-0.2, -0.15) is 22.9 Å². The van der Waals surface area contributed by atoms with Gasteiger partial charge < -0.3 is 10.1 Å². The number of alkyl halides is 3. The molecule has 1 aromatic heterocycles. The average molecular weight is 606 g/mol. The zero-order valence-electron chi connectivity index (χ0n) is 22.3. The normalized spacial score (nSPS) is 11.5. The quantitative estimate of drug-likeness (QED) is 0.0996. The number of carbonyl (C=O) groups is 1. The molecule has 0 radical (unpaired) electrons. The predicted molar refractivity (Wildman–Crippen MR) is 153 cm³/mol. The summed E-state index contributed by atoms with van der Waals surface area (Å²) in [5.41, 5.74) is -1.78. The molecule has 0 unspecified atom stereocenters. The Hall–Kier alpha value is -5.92. The van der Waals surface area contributed by atoms with Crippen LogP contribution in [0.4, 0.5) is 28.9 Å². The number of anilines is 1. The Labute approximate surface area is 245 Å². The van der Waals surface area contributed by atoms with Crippen LogP contribution in [0.1, 0.15) is 11.1 Å². The highest BCUT2D eigenvalue weighted by Crippen LogP contribution is 2.32. The molecule has 10 nitrogen and oxygen atoms in total. The van der Waals surface area contributed by atoms with E-state index in [1.54, 1.807) is 12.1 Å². The molecule has 0 aliphatic rings. The minimum atomic E-state index is -4.67. The number of fused-ring (bicyclic) bond motifs is 1. The van der Waals surface area contributed by atoms with Crippen LogP contribution < -0.4 is 15.6 Å². The third kappa shape index (κ3) is 6.59. The maximum Gasteiger partial charge on any atom is 0.416 e. The van der Waals surface area contributed by atoms with Crippen LogP contribution in [0.2, 0.25) is 0 Å². The summed E-state index contributed by atoms with van der Waals surface area (Å²) in [4.78, 5) is 41.0. The summed E-state index contributed by atoms with van der Waals surface area (Å²) in [6, 6.07) is 18.9. The molecule has 1 N–H and O–H groups in total. The molecule has 5 aromatic rings. The van der Waals surface area contributed by atoms with Crippen LogP contribution in [0.25, 0.3) is 22.3 Å². The smallest absolute Gasteiger partial charge is 0.416 e. The number of amides is 1. The fraction of sp³-hybridized carbons (Fsp3) is 0.0667. The van der Waals surface area contributed by atoms with Crippen LogP contribution in [0.15, 0.2) is 101 Å². The summed E-state index contributed by atoms with van der Waals surface area (Å²) < 4.78 is 60.2. The van der Waals surface area contributed by atoms with Crippen molar-refractivity contribution < 1.29 is 32.0 Å². The minimum Gasteiger partial charge on any atom is -0.483 e. The van der Waals surface area contributed by atoms with Gasteiger partial charge in [-0.05, 0) is 48.5 Å². The molecule has 44 heavy (non-hydrogen) atoms. The maximum atomic E-state index is 13.5. The second-order valence-corrected chi connectivity index (χ2v) is 9.22. The highest BCUT2D eigenvalue weighted by Gasteiger charge is 2.31. The lowest BCUT2D eigenvalue weighted by atomic mass is 10.1. The van der Waals surface area contributed by atoms with Crippen LogP contribution in [0.3, 0.4) is 0 Å². The Balaban J connectivity index is 1.54. The number of aromatic nitrogens is 2. The molecule has 1 heterocycles. The lowest BCUT2D eigenvalue weighted by molar-refractivity contribution is -0.384. The van der Waals surface area contributed by atoms with Gasteiger partial charge >= 0.3 is 6.18 Å². The van der Waals surface area contributed by atoms with E-state index in [1.807, 2.05) is 0 Å². The molecule has 5 rings (SSSR count). The van der Waals surface area contributed by atoms with Gasteiger partial charge in [-0.25, -0.2) is 9.37 Å². The van der Waals surface area contributed by atoms with E-state index in [-0.39, 0.29) is 45.0 Å². The molecule has 0 aliphatic heterocycles. The van der Waals surface area contributed by atoms with Crippen LogP contribution in [-0.4, -0.2) is 33.3 Å². The zero-order valence-corrected chi connectivity index (χ0v) is 22.3. The van der Waals surface area contributed by atoms with Crippen molar-refractivity contribution in [3.63, 3.8) is 0 Å².